The van der Waals surface area contributed by atoms with Crippen molar-refractivity contribution in [1.29, 1.82) is 0 Å². The highest BCUT2D eigenvalue weighted by atomic mass is 16.5. The number of hydrogen-bond donors (Lipinski definition) is 0. The monoisotopic (exact) mass is 435 g/mol. The molecular formula is C25H29N3O4. The summed E-state index contributed by atoms with van der Waals surface area (Å²) in [4.78, 5) is 32.3. The minimum atomic E-state index is -0.223. The Balaban J connectivity index is 1.59. The van der Waals surface area contributed by atoms with Crippen molar-refractivity contribution in [1.82, 2.24) is 9.80 Å². The fourth-order valence-corrected chi connectivity index (χ4v) is 4.35. The quantitative estimate of drug-likeness (QED) is 0.469. The van der Waals surface area contributed by atoms with Gasteiger partial charge in [-0.15, -0.1) is 0 Å². The van der Waals surface area contributed by atoms with Crippen LogP contribution in [0.1, 0.15) is 12.0 Å². The largest absolute Gasteiger partial charge is 0.495 e. The Morgan fingerprint density at radius 2 is 1.47 bits per heavy atom. The molecule has 0 unspecified atom stereocenters. The van der Waals surface area contributed by atoms with Crippen LogP contribution in [0.15, 0.2) is 60.3 Å². The van der Waals surface area contributed by atoms with Crippen LogP contribution in [0, 0.1) is 0 Å². The minimum Gasteiger partial charge on any atom is -0.495 e. The highest BCUT2D eigenvalue weighted by Crippen LogP contribution is 2.34. The van der Waals surface area contributed by atoms with Gasteiger partial charge in [-0.2, -0.15) is 0 Å². The van der Waals surface area contributed by atoms with Crippen molar-refractivity contribution in [3.8, 4) is 5.75 Å². The number of piperazine rings is 1. The van der Waals surface area contributed by atoms with Crippen LogP contribution in [-0.4, -0.2) is 75.2 Å². The normalized spacial score (nSPS) is 16.9. The van der Waals surface area contributed by atoms with E-state index in [9.17, 15) is 9.59 Å². The van der Waals surface area contributed by atoms with Gasteiger partial charge >= 0.3 is 0 Å². The second kappa shape index (κ2) is 9.87. The maximum atomic E-state index is 13.4. The summed E-state index contributed by atoms with van der Waals surface area (Å²) in [7, 11) is 3.29. The number of carbonyl (C=O) groups is 2. The number of para-hydroxylation sites is 2. The fourth-order valence-electron chi connectivity index (χ4n) is 4.35. The van der Waals surface area contributed by atoms with Gasteiger partial charge in [-0.3, -0.25) is 14.5 Å². The van der Waals surface area contributed by atoms with Crippen LogP contribution >= 0.6 is 0 Å². The van der Waals surface area contributed by atoms with Crippen LogP contribution in [0.5, 0.6) is 5.75 Å². The van der Waals surface area contributed by atoms with Crippen molar-refractivity contribution in [3.05, 3.63) is 65.9 Å². The summed E-state index contributed by atoms with van der Waals surface area (Å²) in [6, 6.07) is 17.4. The number of ether oxygens (including phenoxy) is 2. The Kier molecular flexibility index (Phi) is 6.75. The lowest BCUT2D eigenvalue weighted by Crippen LogP contribution is -2.47. The number of imide groups is 1. The molecule has 2 amide bonds. The van der Waals surface area contributed by atoms with E-state index < -0.39 is 0 Å². The van der Waals surface area contributed by atoms with E-state index in [1.807, 2.05) is 54.6 Å². The van der Waals surface area contributed by atoms with E-state index >= 15 is 0 Å². The molecule has 0 saturated carbocycles. The van der Waals surface area contributed by atoms with Gasteiger partial charge in [-0.25, -0.2) is 0 Å². The van der Waals surface area contributed by atoms with Gasteiger partial charge in [0, 0.05) is 46.4 Å². The molecule has 0 radical (unpaired) electrons. The number of hydrogen-bond acceptors (Lipinski definition) is 6. The molecule has 0 bridgehead atoms. The van der Waals surface area contributed by atoms with Crippen LogP contribution in [0.3, 0.4) is 0 Å². The van der Waals surface area contributed by atoms with Crippen molar-refractivity contribution in [2.75, 3.05) is 58.5 Å². The molecule has 0 spiro atoms. The summed E-state index contributed by atoms with van der Waals surface area (Å²) in [6.07, 6.45) is 0.616. The van der Waals surface area contributed by atoms with Crippen molar-refractivity contribution in [3.63, 3.8) is 0 Å². The topological polar surface area (TPSA) is 62.3 Å². The molecule has 2 aliphatic heterocycles. The standard InChI is InChI=1S/C25H29N3O4/c1-31-18-8-13-28-24(29)22(19-9-4-3-5-10-19)23(25(28)30)27-16-14-26(15-17-27)20-11-6-7-12-21(20)32-2/h3-7,9-12H,8,13-18H2,1-2H3. The second-order valence-electron chi connectivity index (χ2n) is 7.84. The third-order valence-electron chi connectivity index (χ3n) is 5.96. The first-order valence-corrected chi connectivity index (χ1v) is 10.9. The summed E-state index contributed by atoms with van der Waals surface area (Å²) in [5.41, 5.74) is 2.83. The van der Waals surface area contributed by atoms with Gasteiger partial charge in [0.05, 0.1) is 18.4 Å². The Morgan fingerprint density at radius 3 is 2.16 bits per heavy atom. The molecular weight excluding hydrogens is 406 g/mol. The zero-order valence-corrected chi connectivity index (χ0v) is 18.6. The van der Waals surface area contributed by atoms with Gasteiger partial charge in [0.2, 0.25) is 0 Å². The van der Waals surface area contributed by atoms with E-state index in [0.717, 1.165) is 30.1 Å². The Labute approximate surface area is 188 Å². The third kappa shape index (κ3) is 4.21. The van der Waals surface area contributed by atoms with Gasteiger partial charge < -0.3 is 19.3 Å². The summed E-state index contributed by atoms with van der Waals surface area (Å²) < 4.78 is 10.6. The molecule has 7 nitrogen and oxygen atoms in total. The van der Waals surface area contributed by atoms with Crippen molar-refractivity contribution >= 4 is 23.1 Å². The van der Waals surface area contributed by atoms with E-state index in [2.05, 4.69) is 9.80 Å². The van der Waals surface area contributed by atoms with E-state index in [1.165, 1.54) is 4.90 Å². The van der Waals surface area contributed by atoms with Crippen molar-refractivity contribution in [2.45, 2.75) is 6.42 Å². The zero-order chi connectivity index (χ0) is 22.5. The van der Waals surface area contributed by atoms with Gasteiger partial charge in [-0.05, 0) is 24.1 Å². The van der Waals surface area contributed by atoms with Crippen LogP contribution in [0.4, 0.5) is 5.69 Å². The molecule has 0 aromatic heterocycles. The predicted molar refractivity (Wildman–Crippen MR) is 123 cm³/mol. The van der Waals surface area contributed by atoms with Crippen LogP contribution < -0.4 is 9.64 Å². The number of carbonyl (C=O) groups excluding carboxylic acids is 2. The first-order chi connectivity index (χ1) is 15.7. The fraction of sp³-hybridized carbons (Fsp3) is 0.360. The minimum absolute atomic E-state index is 0.212. The van der Waals surface area contributed by atoms with Crippen molar-refractivity contribution in [2.24, 2.45) is 0 Å². The number of rotatable bonds is 8. The van der Waals surface area contributed by atoms with Gasteiger partial charge in [0.1, 0.15) is 11.4 Å². The smallest absolute Gasteiger partial charge is 0.277 e. The first-order valence-electron chi connectivity index (χ1n) is 10.9. The Bertz CT molecular complexity index is 997. The summed E-state index contributed by atoms with van der Waals surface area (Å²) in [5, 5.41) is 0. The maximum Gasteiger partial charge on any atom is 0.277 e. The summed E-state index contributed by atoms with van der Waals surface area (Å²) in [6.45, 7) is 3.62. The van der Waals surface area contributed by atoms with Crippen molar-refractivity contribution < 1.29 is 19.1 Å². The van der Waals surface area contributed by atoms with Gasteiger partial charge in [-0.1, -0.05) is 42.5 Å². The SMILES string of the molecule is COCCCN1C(=O)C(c2ccccc2)=C(N2CCN(c3ccccc3OC)CC2)C1=O. The Morgan fingerprint density at radius 1 is 0.812 bits per heavy atom. The molecule has 0 N–H and O–H groups in total. The van der Waals surface area contributed by atoms with Gasteiger partial charge in [0.15, 0.2) is 0 Å². The lowest BCUT2D eigenvalue weighted by atomic mass is 10.0. The second-order valence-corrected chi connectivity index (χ2v) is 7.84. The number of nitrogens with zero attached hydrogens (tertiary/aromatic N) is 3. The zero-order valence-electron chi connectivity index (χ0n) is 18.6. The summed E-state index contributed by atoms with van der Waals surface area (Å²) in [5.74, 6) is 0.400. The molecule has 0 aliphatic carbocycles. The molecule has 7 heteroatoms. The van der Waals surface area contributed by atoms with Crippen LogP contribution in [0.2, 0.25) is 0 Å². The van der Waals surface area contributed by atoms with Gasteiger partial charge in [0.25, 0.3) is 11.8 Å². The summed E-state index contributed by atoms with van der Waals surface area (Å²) >= 11 is 0. The van der Waals surface area contributed by atoms with E-state index in [-0.39, 0.29) is 11.8 Å². The molecule has 1 fully saturated rings. The molecule has 0 atom stereocenters. The van der Waals surface area contributed by atoms with Crippen LogP contribution in [0.25, 0.3) is 5.57 Å². The molecule has 2 aliphatic rings. The number of methoxy groups -OCH3 is 2. The maximum absolute atomic E-state index is 13.4. The average Bonchev–Trinajstić information content (AvgIpc) is 3.09. The highest BCUT2D eigenvalue weighted by Gasteiger charge is 2.41. The molecule has 168 valence electrons. The van der Waals surface area contributed by atoms with Crippen LogP contribution in [-0.2, 0) is 14.3 Å². The first kappa shape index (κ1) is 21.9. The van der Waals surface area contributed by atoms with E-state index in [1.54, 1.807) is 14.2 Å². The predicted octanol–water partition coefficient (Wildman–Crippen LogP) is 2.63. The molecule has 32 heavy (non-hydrogen) atoms. The molecule has 2 aromatic rings. The average molecular weight is 436 g/mol. The van der Waals surface area contributed by atoms with E-state index in [4.69, 9.17) is 9.47 Å². The highest BCUT2D eigenvalue weighted by molar-refractivity contribution is 6.35. The third-order valence-corrected chi connectivity index (χ3v) is 5.96. The number of benzene rings is 2. The lowest BCUT2D eigenvalue weighted by Gasteiger charge is -2.38. The molecule has 2 heterocycles. The van der Waals surface area contributed by atoms with E-state index in [0.29, 0.717) is 43.9 Å². The number of anilines is 1. The molecule has 2 aromatic carbocycles. The lowest BCUT2D eigenvalue weighted by molar-refractivity contribution is -0.137. The Hall–Kier alpha value is -3.32. The molecule has 4 rings (SSSR count). The molecule has 1 saturated heterocycles. The number of amides is 2.